The van der Waals surface area contributed by atoms with Crippen LogP contribution in [-0.4, -0.2) is 16.0 Å². The van der Waals surface area contributed by atoms with Crippen molar-refractivity contribution in [3.05, 3.63) is 53.3 Å². The van der Waals surface area contributed by atoms with E-state index < -0.39 is 0 Å². The molecule has 1 amide bonds. The van der Waals surface area contributed by atoms with Crippen LogP contribution in [0.2, 0.25) is 5.02 Å². The molecule has 2 N–H and O–H groups in total. The van der Waals surface area contributed by atoms with Crippen molar-refractivity contribution in [2.75, 3.05) is 5.32 Å². The highest BCUT2D eigenvalue weighted by molar-refractivity contribution is 6.32. The number of aromatic nitrogens is 1. The summed E-state index contributed by atoms with van der Waals surface area (Å²) in [4.78, 5) is 15.9. The number of aromatic hydroxyl groups is 1. The number of anilines is 1. The number of amides is 1. The number of aryl methyl sites for hydroxylation is 1. The smallest absolute Gasteiger partial charge is 0.224 e. The number of phenolic OH excluding ortho intramolecular Hbond substituents is 1. The average Bonchev–Trinajstić information content (AvgIpc) is 2.42. The zero-order valence-corrected chi connectivity index (χ0v) is 10.9. The maximum Gasteiger partial charge on any atom is 0.224 e. The molecule has 0 bridgehead atoms. The molecule has 98 valence electrons. The quantitative estimate of drug-likeness (QED) is 0.902. The van der Waals surface area contributed by atoms with Crippen LogP contribution in [0.15, 0.2) is 42.6 Å². The van der Waals surface area contributed by atoms with Crippen molar-refractivity contribution in [3.8, 4) is 5.75 Å². The lowest BCUT2D eigenvalue weighted by Gasteiger charge is -2.06. The lowest BCUT2D eigenvalue weighted by molar-refractivity contribution is -0.116. The number of phenols is 1. The zero-order chi connectivity index (χ0) is 13.7. The van der Waals surface area contributed by atoms with Gasteiger partial charge in [-0.25, -0.2) is 0 Å². The van der Waals surface area contributed by atoms with Gasteiger partial charge in [-0.1, -0.05) is 17.7 Å². The Morgan fingerprint density at radius 3 is 2.84 bits per heavy atom. The largest absolute Gasteiger partial charge is 0.506 e. The summed E-state index contributed by atoms with van der Waals surface area (Å²) in [5.74, 6) is -0.184. The fourth-order valence-corrected chi connectivity index (χ4v) is 1.72. The van der Waals surface area contributed by atoms with Gasteiger partial charge in [0, 0.05) is 30.1 Å². The minimum Gasteiger partial charge on any atom is -0.506 e. The predicted molar refractivity (Wildman–Crippen MR) is 74.3 cm³/mol. The first-order valence-electron chi connectivity index (χ1n) is 5.83. The van der Waals surface area contributed by atoms with Crippen molar-refractivity contribution in [2.24, 2.45) is 0 Å². The van der Waals surface area contributed by atoms with Crippen LogP contribution in [0.25, 0.3) is 0 Å². The van der Waals surface area contributed by atoms with E-state index in [1.54, 1.807) is 12.3 Å². The van der Waals surface area contributed by atoms with Crippen molar-refractivity contribution >= 4 is 23.2 Å². The van der Waals surface area contributed by atoms with Crippen LogP contribution in [-0.2, 0) is 11.2 Å². The Kier molecular flexibility index (Phi) is 4.36. The Labute approximate surface area is 116 Å². The van der Waals surface area contributed by atoms with Gasteiger partial charge in [-0.2, -0.15) is 0 Å². The molecule has 1 heterocycles. The summed E-state index contributed by atoms with van der Waals surface area (Å²) in [6, 6.07) is 10.2. The first-order chi connectivity index (χ1) is 9.15. The van der Waals surface area contributed by atoms with E-state index in [0.717, 1.165) is 5.69 Å². The Morgan fingerprint density at radius 2 is 2.16 bits per heavy atom. The number of nitrogens with one attached hydrogen (secondary N) is 1. The standard InChI is InChI=1S/C14H13ClN2O2/c15-12-6-4-11(9-13(12)18)17-14(19)7-5-10-3-1-2-8-16-10/h1-4,6,8-9,18H,5,7H2,(H,17,19). The number of hydrogen-bond donors (Lipinski definition) is 2. The van der Waals surface area contributed by atoms with E-state index in [9.17, 15) is 9.90 Å². The number of rotatable bonds is 4. The van der Waals surface area contributed by atoms with E-state index in [4.69, 9.17) is 11.6 Å². The summed E-state index contributed by atoms with van der Waals surface area (Å²) >= 11 is 5.69. The van der Waals surface area contributed by atoms with Gasteiger partial charge in [0.1, 0.15) is 5.75 Å². The topological polar surface area (TPSA) is 62.2 Å². The van der Waals surface area contributed by atoms with E-state index in [-0.39, 0.29) is 16.7 Å². The minimum absolute atomic E-state index is 0.0517. The minimum atomic E-state index is -0.132. The van der Waals surface area contributed by atoms with Gasteiger partial charge in [0.15, 0.2) is 0 Å². The number of carbonyl (C=O) groups excluding carboxylic acids is 1. The second kappa shape index (κ2) is 6.20. The van der Waals surface area contributed by atoms with Crippen LogP contribution < -0.4 is 5.32 Å². The number of benzene rings is 1. The molecule has 0 saturated carbocycles. The second-order valence-electron chi connectivity index (χ2n) is 4.04. The molecular weight excluding hydrogens is 264 g/mol. The fourth-order valence-electron chi connectivity index (χ4n) is 1.60. The molecule has 19 heavy (non-hydrogen) atoms. The fraction of sp³-hybridized carbons (Fsp3) is 0.143. The van der Waals surface area contributed by atoms with E-state index in [2.05, 4.69) is 10.3 Å². The zero-order valence-electron chi connectivity index (χ0n) is 10.1. The number of halogens is 1. The molecule has 0 fully saturated rings. The molecule has 2 aromatic rings. The van der Waals surface area contributed by atoms with Crippen molar-refractivity contribution in [1.29, 1.82) is 0 Å². The van der Waals surface area contributed by atoms with Gasteiger partial charge in [0.05, 0.1) is 5.02 Å². The predicted octanol–water partition coefficient (Wildman–Crippen LogP) is 3.01. The van der Waals surface area contributed by atoms with Crippen molar-refractivity contribution in [2.45, 2.75) is 12.8 Å². The van der Waals surface area contributed by atoms with Gasteiger partial charge < -0.3 is 10.4 Å². The van der Waals surface area contributed by atoms with Crippen LogP contribution in [0.5, 0.6) is 5.75 Å². The molecule has 0 aliphatic carbocycles. The summed E-state index contributed by atoms with van der Waals surface area (Å²) in [6.45, 7) is 0. The molecule has 2 rings (SSSR count). The van der Waals surface area contributed by atoms with Gasteiger partial charge in [0.25, 0.3) is 0 Å². The third-order valence-corrected chi connectivity index (χ3v) is 2.88. The summed E-state index contributed by atoms with van der Waals surface area (Å²) in [6.07, 6.45) is 2.61. The van der Waals surface area contributed by atoms with Crippen LogP contribution in [0, 0.1) is 0 Å². The summed E-state index contributed by atoms with van der Waals surface area (Å²) < 4.78 is 0. The summed E-state index contributed by atoms with van der Waals surface area (Å²) in [5.41, 5.74) is 1.39. The van der Waals surface area contributed by atoms with Crippen molar-refractivity contribution < 1.29 is 9.90 Å². The third kappa shape index (κ3) is 3.96. The third-order valence-electron chi connectivity index (χ3n) is 2.56. The van der Waals surface area contributed by atoms with Gasteiger partial charge in [-0.05, 0) is 30.7 Å². The summed E-state index contributed by atoms with van der Waals surface area (Å²) in [7, 11) is 0. The molecule has 1 aromatic heterocycles. The normalized spacial score (nSPS) is 10.2. The molecule has 0 spiro atoms. The number of hydrogen-bond acceptors (Lipinski definition) is 3. The van der Waals surface area contributed by atoms with Crippen molar-refractivity contribution in [1.82, 2.24) is 4.98 Å². The highest BCUT2D eigenvalue weighted by atomic mass is 35.5. The molecule has 0 unspecified atom stereocenters. The van der Waals surface area contributed by atoms with E-state index >= 15 is 0 Å². The van der Waals surface area contributed by atoms with Crippen LogP contribution in [0.1, 0.15) is 12.1 Å². The monoisotopic (exact) mass is 276 g/mol. The molecule has 0 radical (unpaired) electrons. The maximum atomic E-state index is 11.7. The molecule has 0 saturated heterocycles. The lowest BCUT2D eigenvalue weighted by Crippen LogP contribution is -2.12. The molecule has 0 atom stereocenters. The number of carbonyl (C=O) groups is 1. The summed E-state index contributed by atoms with van der Waals surface area (Å²) in [5, 5.41) is 12.4. The van der Waals surface area contributed by atoms with Gasteiger partial charge in [0.2, 0.25) is 5.91 Å². The van der Waals surface area contributed by atoms with Crippen LogP contribution in [0.4, 0.5) is 5.69 Å². The SMILES string of the molecule is O=C(CCc1ccccn1)Nc1ccc(Cl)c(O)c1. The highest BCUT2D eigenvalue weighted by Crippen LogP contribution is 2.26. The van der Waals surface area contributed by atoms with E-state index in [1.807, 2.05) is 18.2 Å². The molecular formula is C14H13ClN2O2. The Balaban J connectivity index is 1.89. The molecule has 0 aliphatic heterocycles. The second-order valence-corrected chi connectivity index (χ2v) is 4.44. The number of pyridine rings is 1. The maximum absolute atomic E-state index is 11.7. The highest BCUT2D eigenvalue weighted by Gasteiger charge is 2.05. The lowest BCUT2D eigenvalue weighted by atomic mass is 10.2. The average molecular weight is 277 g/mol. The molecule has 4 nitrogen and oxygen atoms in total. The van der Waals surface area contributed by atoms with Crippen LogP contribution >= 0.6 is 11.6 Å². The Bertz CT molecular complexity index is 573. The first-order valence-corrected chi connectivity index (χ1v) is 6.21. The van der Waals surface area contributed by atoms with E-state index in [0.29, 0.717) is 18.5 Å². The Hall–Kier alpha value is -2.07. The molecule has 0 aliphatic rings. The first kappa shape index (κ1) is 13.4. The van der Waals surface area contributed by atoms with Crippen molar-refractivity contribution in [3.63, 3.8) is 0 Å². The molecule has 1 aromatic carbocycles. The Morgan fingerprint density at radius 1 is 1.32 bits per heavy atom. The van der Waals surface area contributed by atoms with Gasteiger partial charge >= 0.3 is 0 Å². The van der Waals surface area contributed by atoms with Gasteiger partial charge in [-0.3, -0.25) is 9.78 Å². The van der Waals surface area contributed by atoms with E-state index in [1.165, 1.54) is 12.1 Å². The number of nitrogens with zero attached hydrogens (tertiary/aromatic N) is 1. The molecule has 5 heteroatoms. The van der Waals surface area contributed by atoms with Gasteiger partial charge in [-0.15, -0.1) is 0 Å². The van der Waals surface area contributed by atoms with Crippen LogP contribution in [0.3, 0.4) is 0 Å².